The highest BCUT2D eigenvalue weighted by Crippen LogP contribution is 2.35. The summed E-state index contributed by atoms with van der Waals surface area (Å²) < 4.78 is 0. The first-order valence-electron chi connectivity index (χ1n) is 5.36. The molecule has 0 radical (unpaired) electrons. The zero-order chi connectivity index (χ0) is 12.5. The van der Waals surface area contributed by atoms with Gasteiger partial charge in [0.1, 0.15) is 0 Å². The smallest absolute Gasteiger partial charge is 0.188 e. The van der Waals surface area contributed by atoms with Crippen LogP contribution in [0.1, 0.15) is 9.75 Å². The Morgan fingerprint density at radius 1 is 0.722 bits per heavy atom. The van der Waals surface area contributed by atoms with Gasteiger partial charge < -0.3 is 0 Å². The van der Waals surface area contributed by atoms with Gasteiger partial charge in [0, 0.05) is 9.75 Å². The second-order valence-corrected chi connectivity index (χ2v) is 5.66. The summed E-state index contributed by atoms with van der Waals surface area (Å²) >= 11 is 2.95. The number of hydrogen-bond acceptors (Lipinski definition) is 4. The fourth-order valence-electron chi connectivity index (χ4n) is 1.90. The lowest BCUT2D eigenvalue weighted by atomic mass is 9.93. The predicted octanol–water partition coefficient (Wildman–Crippen LogP) is 3.43. The van der Waals surface area contributed by atoms with Crippen LogP contribution in [0.15, 0.2) is 47.2 Å². The normalized spacial score (nSPS) is 15.6. The Morgan fingerprint density at radius 2 is 1.17 bits per heavy atom. The molecule has 3 rings (SSSR count). The highest BCUT2D eigenvalue weighted by Gasteiger charge is 2.26. The van der Waals surface area contributed by atoms with Gasteiger partial charge in [0.2, 0.25) is 0 Å². The molecule has 0 aromatic carbocycles. The number of thiophene rings is 2. The maximum atomic E-state index is 12.1. The Kier molecular flexibility index (Phi) is 2.81. The molecule has 2 aromatic heterocycles. The van der Waals surface area contributed by atoms with Crippen molar-refractivity contribution in [2.75, 3.05) is 0 Å². The minimum absolute atomic E-state index is 0.0968. The van der Waals surface area contributed by atoms with Gasteiger partial charge in [-0.3, -0.25) is 9.59 Å². The number of rotatable bonds is 2. The molecule has 0 amide bonds. The third-order valence-corrected chi connectivity index (χ3v) is 4.44. The van der Waals surface area contributed by atoms with Crippen molar-refractivity contribution in [1.82, 2.24) is 0 Å². The van der Waals surface area contributed by atoms with E-state index in [0.29, 0.717) is 11.1 Å². The van der Waals surface area contributed by atoms with E-state index in [4.69, 9.17) is 0 Å². The summed E-state index contributed by atoms with van der Waals surface area (Å²) in [5.74, 6) is -0.194. The molecule has 0 fully saturated rings. The zero-order valence-electron chi connectivity index (χ0n) is 9.25. The van der Waals surface area contributed by atoms with Gasteiger partial charge in [-0.2, -0.15) is 0 Å². The summed E-state index contributed by atoms with van der Waals surface area (Å²) in [6.45, 7) is 0. The van der Waals surface area contributed by atoms with Crippen LogP contribution in [0.25, 0.3) is 11.1 Å². The van der Waals surface area contributed by atoms with Crippen LogP contribution in [-0.2, 0) is 9.59 Å². The molecule has 18 heavy (non-hydrogen) atoms. The van der Waals surface area contributed by atoms with Gasteiger partial charge in [0.15, 0.2) is 11.6 Å². The molecule has 0 aliphatic heterocycles. The summed E-state index contributed by atoms with van der Waals surface area (Å²) in [6.07, 6.45) is 2.71. The minimum atomic E-state index is -0.0968. The van der Waals surface area contributed by atoms with E-state index < -0.39 is 0 Å². The van der Waals surface area contributed by atoms with Crippen LogP contribution >= 0.6 is 22.7 Å². The maximum absolute atomic E-state index is 12.1. The number of hydrogen-bond donors (Lipinski definition) is 0. The van der Waals surface area contributed by atoms with E-state index in [9.17, 15) is 9.59 Å². The monoisotopic (exact) mass is 272 g/mol. The average Bonchev–Trinajstić information content (AvgIpc) is 3.02. The molecule has 4 heteroatoms. The zero-order valence-corrected chi connectivity index (χ0v) is 10.9. The third-order valence-electron chi connectivity index (χ3n) is 2.66. The van der Waals surface area contributed by atoms with Crippen LogP contribution in [0.4, 0.5) is 0 Å². The van der Waals surface area contributed by atoms with E-state index in [-0.39, 0.29) is 11.6 Å². The first-order valence-corrected chi connectivity index (χ1v) is 7.12. The molecule has 88 valence electrons. The Balaban J connectivity index is 2.27. The third kappa shape index (κ3) is 1.79. The molecule has 0 unspecified atom stereocenters. The minimum Gasteiger partial charge on any atom is -0.289 e. The van der Waals surface area contributed by atoms with Gasteiger partial charge in [0.25, 0.3) is 0 Å². The van der Waals surface area contributed by atoms with Crippen LogP contribution < -0.4 is 0 Å². The summed E-state index contributed by atoms with van der Waals surface area (Å²) in [4.78, 5) is 25.8. The van der Waals surface area contributed by atoms with Crippen molar-refractivity contribution in [2.24, 2.45) is 0 Å². The molecule has 0 spiro atoms. The van der Waals surface area contributed by atoms with Crippen LogP contribution in [0, 0.1) is 0 Å². The largest absolute Gasteiger partial charge is 0.289 e. The highest BCUT2D eigenvalue weighted by molar-refractivity contribution is 7.13. The number of carbonyl (C=O) groups excluding carboxylic acids is 2. The second-order valence-electron chi connectivity index (χ2n) is 3.77. The molecule has 0 N–H and O–H groups in total. The van der Waals surface area contributed by atoms with E-state index in [1.54, 1.807) is 0 Å². The molecule has 0 saturated carbocycles. The fraction of sp³-hybridized carbons (Fsp3) is 0. The van der Waals surface area contributed by atoms with Crippen molar-refractivity contribution in [3.05, 3.63) is 56.9 Å². The SMILES string of the molecule is O=C1C=CC(=O)C(c2cccs2)=C1c1cccs1. The molecule has 2 aromatic rings. The predicted molar refractivity (Wildman–Crippen MR) is 74.6 cm³/mol. The van der Waals surface area contributed by atoms with Crippen LogP contribution in [0.5, 0.6) is 0 Å². The Hall–Kier alpha value is -1.78. The second kappa shape index (κ2) is 4.48. The lowest BCUT2D eigenvalue weighted by Gasteiger charge is -2.12. The lowest BCUT2D eigenvalue weighted by molar-refractivity contribution is -0.112. The maximum Gasteiger partial charge on any atom is 0.188 e. The quantitative estimate of drug-likeness (QED) is 0.785. The molecule has 1 aliphatic carbocycles. The van der Waals surface area contributed by atoms with E-state index in [1.807, 2.05) is 35.0 Å². The number of carbonyl (C=O) groups is 2. The van der Waals surface area contributed by atoms with Crippen LogP contribution in [0.3, 0.4) is 0 Å². The first kappa shape index (κ1) is 11.3. The molecule has 2 heterocycles. The topological polar surface area (TPSA) is 34.1 Å². The Bertz CT molecular complexity index is 600. The van der Waals surface area contributed by atoms with E-state index in [0.717, 1.165) is 9.75 Å². The summed E-state index contributed by atoms with van der Waals surface area (Å²) in [6, 6.07) is 7.51. The van der Waals surface area contributed by atoms with Gasteiger partial charge in [-0.15, -0.1) is 22.7 Å². The molecule has 0 saturated heterocycles. The van der Waals surface area contributed by atoms with Crippen molar-refractivity contribution in [2.45, 2.75) is 0 Å². The molecular formula is C14H8O2S2. The van der Waals surface area contributed by atoms with Crippen molar-refractivity contribution < 1.29 is 9.59 Å². The van der Waals surface area contributed by atoms with Gasteiger partial charge in [-0.05, 0) is 35.0 Å². The Morgan fingerprint density at radius 3 is 1.50 bits per heavy atom. The summed E-state index contributed by atoms with van der Waals surface area (Å²) in [5.41, 5.74) is 1.06. The van der Waals surface area contributed by atoms with Gasteiger partial charge in [0.05, 0.1) is 11.1 Å². The van der Waals surface area contributed by atoms with Crippen molar-refractivity contribution in [3.8, 4) is 0 Å². The summed E-state index contributed by atoms with van der Waals surface area (Å²) in [5, 5.41) is 3.81. The molecule has 1 aliphatic rings. The van der Waals surface area contributed by atoms with Gasteiger partial charge in [-0.1, -0.05) is 12.1 Å². The van der Waals surface area contributed by atoms with Crippen molar-refractivity contribution >= 4 is 45.4 Å². The van der Waals surface area contributed by atoms with Crippen LogP contribution in [0.2, 0.25) is 0 Å². The van der Waals surface area contributed by atoms with Gasteiger partial charge in [-0.25, -0.2) is 0 Å². The van der Waals surface area contributed by atoms with E-state index in [1.165, 1.54) is 34.8 Å². The van der Waals surface area contributed by atoms with E-state index >= 15 is 0 Å². The van der Waals surface area contributed by atoms with Crippen molar-refractivity contribution in [3.63, 3.8) is 0 Å². The molecule has 2 nitrogen and oxygen atoms in total. The Labute approximate surface area is 112 Å². The van der Waals surface area contributed by atoms with Gasteiger partial charge >= 0.3 is 0 Å². The fourth-order valence-corrected chi connectivity index (χ4v) is 3.46. The first-order chi connectivity index (χ1) is 8.77. The number of ketones is 2. The lowest BCUT2D eigenvalue weighted by Crippen LogP contribution is -2.11. The van der Waals surface area contributed by atoms with Crippen molar-refractivity contribution in [1.29, 1.82) is 0 Å². The summed E-state index contributed by atoms with van der Waals surface area (Å²) in [7, 11) is 0. The van der Waals surface area contributed by atoms with Crippen LogP contribution in [-0.4, -0.2) is 11.6 Å². The number of allylic oxidation sites excluding steroid dienone is 4. The standard InChI is InChI=1S/C14H8O2S2/c15-9-5-6-10(16)14(12-4-2-8-18-12)13(9)11-3-1-7-17-11/h1-8H. The van der Waals surface area contributed by atoms with E-state index in [2.05, 4.69) is 0 Å². The molecular weight excluding hydrogens is 264 g/mol. The molecule has 0 bridgehead atoms. The molecule has 0 atom stereocenters. The average molecular weight is 272 g/mol. The highest BCUT2D eigenvalue weighted by atomic mass is 32.1.